The number of amides is 1. The molecule has 4 aromatic rings. The van der Waals surface area contributed by atoms with E-state index in [1.807, 2.05) is 36.4 Å². The van der Waals surface area contributed by atoms with Gasteiger partial charge in [0.25, 0.3) is 5.89 Å². The molecule has 1 N–H and O–H groups in total. The summed E-state index contributed by atoms with van der Waals surface area (Å²) in [6.45, 7) is 0. The topological polar surface area (TPSA) is 90.4 Å². The minimum atomic E-state index is -0.150. The maximum absolute atomic E-state index is 12.4. The van der Waals surface area contributed by atoms with Gasteiger partial charge in [-0.05, 0) is 36.4 Å². The van der Waals surface area contributed by atoms with E-state index in [9.17, 15) is 4.79 Å². The van der Waals surface area contributed by atoms with E-state index in [-0.39, 0.29) is 12.3 Å². The highest BCUT2D eigenvalue weighted by Crippen LogP contribution is 2.26. The summed E-state index contributed by atoms with van der Waals surface area (Å²) >= 11 is 0. The molecule has 0 spiro atoms. The zero-order valence-electron chi connectivity index (χ0n) is 15.1. The average molecular weight is 375 g/mol. The van der Waals surface area contributed by atoms with Crippen molar-refractivity contribution in [3.8, 4) is 28.9 Å². The molecule has 0 aliphatic heterocycles. The lowest BCUT2D eigenvalue weighted by atomic mass is 10.1. The van der Waals surface area contributed by atoms with Crippen molar-refractivity contribution in [1.29, 1.82) is 0 Å². The molecule has 0 aliphatic carbocycles. The lowest BCUT2D eigenvalue weighted by molar-refractivity contribution is -0.115. The van der Waals surface area contributed by atoms with E-state index >= 15 is 0 Å². The van der Waals surface area contributed by atoms with E-state index < -0.39 is 0 Å². The Morgan fingerprint density at radius 3 is 2.71 bits per heavy atom. The Kier molecular flexibility index (Phi) is 4.88. The summed E-state index contributed by atoms with van der Waals surface area (Å²) in [6.07, 6.45) is 1.74. The number of furan rings is 1. The largest absolute Gasteiger partial charge is 0.496 e. The van der Waals surface area contributed by atoms with Crippen LogP contribution in [0.15, 0.2) is 75.8 Å². The van der Waals surface area contributed by atoms with Gasteiger partial charge in [0.2, 0.25) is 11.8 Å². The first-order valence-electron chi connectivity index (χ1n) is 8.62. The van der Waals surface area contributed by atoms with Crippen LogP contribution < -0.4 is 10.1 Å². The van der Waals surface area contributed by atoms with Gasteiger partial charge in [0.1, 0.15) is 5.75 Å². The molecule has 0 bridgehead atoms. The number of carbonyl (C=O) groups excluding carboxylic acids is 1. The number of nitrogens with one attached hydrogen (secondary N) is 1. The molecule has 1 amide bonds. The number of hydrogen-bond acceptors (Lipinski definition) is 6. The van der Waals surface area contributed by atoms with Gasteiger partial charge in [-0.2, -0.15) is 0 Å². The molecule has 0 saturated carbocycles. The average Bonchev–Trinajstić information content (AvgIpc) is 3.40. The van der Waals surface area contributed by atoms with Crippen molar-refractivity contribution < 1.29 is 18.4 Å². The summed E-state index contributed by atoms with van der Waals surface area (Å²) in [5.74, 6) is 1.67. The Hall–Kier alpha value is -3.87. The van der Waals surface area contributed by atoms with Crippen LogP contribution >= 0.6 is 0 Å². The molecule has 2 aromatic carbocycles. The predicted octanol–water partition coefficient (Wildman–Crippen LogP) is 4.19. The maximum Gasteiger partial charge on any atom is 0.283 e. The number of anilines is 1. The number of para-hydroxylation sites is 1. The quantitative estimate of drug-likeness (QED) is 0.543. The number of nitrogens with zero attached hydrogens (tertiary/aromatic N) is 2. The van der Waals surface area contributed by atoms with Crippen LogP contribution in [0.25, 0.3) is 23.1 Å². The number of rotatable bonds is 6. The summed E-state index contributed by atoms with van der Waals surface area (Å²) in [5, 5.41) is 10.9. The first-order chi connectivity index (χ1) is 13.7. The molecule has 0 saturated heterocycles. The highest BCUT2D eigenvalue weighted by atomic mass is 16.5. The first kappa shape index (κ1) is 17.5. The molecular formula is C21H17N3O4. The van der Waals surface area contributed by atoms with E-state index in [0.717, 1.165) is 5.56 Å². The second-order valence-electron chi connectivity index (χ2n) is 6.01. The number of methoxy groups -OCH3 is 1. The second kappa shape index (κ2) is 7.79. The van der Waals surface area contributed by atoms with Gasteiger partial charge in [-0.1, -0.05) is 24.3 Å². The van der Waals surface area contributed by atoms with Crippen molar-refractivity contribution in [2.24, 2.45) is 0 Å². The summed E-state index contributed by atoms with van der Waals surface area (Å²) in [7, 11) is 1.58. The number of ether oxygens (including phenoxy) is 1. The van der Waals surface area contributed by atoms with Crippen molar-refractivity contribution in [2.45, 2.75) is 6.42 Å². The lowest BCUT2D eigenvalue weighted by Gasteiger charge is -2.09. The van der Waals surface area contributed by atoms with E-state index in [2.05, 4.69) is 15.5 Å². The zero-order chi connectivity index (χ0) is 19.3. The third kappa shape index (κ3) is 3.78. The Labute approximate surface area is 161 Å². The fourth-order valence-corrected chi connectivity index (χ4v) is 2.80. The lowest BCUT2D eigenvalue weighted by Crippen LogP contribution is -2.14. The van der Waals surface area contributed by atoms with Crippen LogP contribution in [-0.4, -0.2) is 23.2 Å². The van der Waals surface area contributed by atoms with Crippen LogP contribution in [0.1, 0.15) is 5.56 Å². The third-order valence-corrected chi connectivity index (χ3v) is 4.09. The molecule has 140 valence electrons. The molecule has 2 aromatic heterocycles. The molecule has 7 nitrogen and oxygen atoms in total. The molecule has 0 aliphatic rings. The molecule has 0 radical (unpaired) electrons. The Morgan fingerprint density at radius 1 is 1.04 bits per heavy atom. The van der Waals surface area contributed by atoms with E-state index in [0.29, 0.717) is 34.5 Å². The van der Waals surface area contributed by atoms with E-state index in [1.165, 1.54) is 6.26 Å². The van der Waals surface area contributed by atoms with E-state index in [1.54, 1.807) is 31.4 Å². The zero-order valence-corrected chi connectivity index (χ0v) is 15.1. The smallest absolute Gasteiger partial charge is 0.283 e. The van der Waals surface area contributed by atoms with Gasteiger partial charge in [-0.3, -0.25) is 4.79 Å². The van der Waals surface area contributed by atoms with Crippen LogP contribution in [0.5, 0.6) is 5.75 Å². The van der Waals surface area contributed by atoms with Crippen molar-refractivity contribution >= 4 is 11.6 Å². The second-order valence-corrected chi connectivity index (χ2v) is 6.01. The third-order valence-electron chi connectivity index (χ3n) is 4.09. The number of benzene rings is 2. The van der Waals surface area contributed by atoms with Crippen molar-refractivity contribution in [3.63, 3.8) is 0 Å². The van der Waals surface area contributed by atoms with Crippen LogP contribution in [0.4, 0.5) is 5.69 Å². The van der Waals surface area contributed by atoms with Gasteiger partial charge >= 0.3 is 0 Å². The predicted molar refractivity (Wildman–Crippen MR) is 103 cm³/mol. The van der Waals surface area contributed by atoms with Gasteiger partial charge < -0.3 is 18.9 Å². The Morgan fingerprint density at radius 2 is 1.89 bits per heavy atom. The molecular weight excluding hydrogens is 358 g/mol. The molecule has 7 heteroatoms. The van der Waals surface area contributed by atoms with Gasteiger partial charge in [0.05, 0.1) is 19.8 Å². The van der Waals surface area contributed by atoms with E-state index in [4.69, 9.17) is 13.6 Å². The number of hydrogen-bond donors (Lipinski definition) is 1. The minimum Gasteiger partial charge on any atom is -0.496 e. The van der Waals surface area contributed by atoms with Crippen LogP contribution in [0.3, 0.4) is 0 Å². The Balaban J connectivity index is 1.49. The fraction of sp³-hybridized carbons (Fsp3) is 0.0952. The first-order valence-corrected chi connectivity index (χ1v) is 8.62. The van der Waals surface area contributed by atoms with Crippen molar-refractivity contribution in [1.82, 2.24) is 10.2 Å². The summed E-state index contributed by atoms with van der Waals surface area (Å²) < 4.78 is 16.2. The normalized spacial score (nSPS) is 10.6. The number of carbonyl (C=O) groups is 1. The highest BCUT2D eigenvalue weighted by Gasteiger charge is 2.14. The van der Waals surface area contributed by atoms with Crippen molar-refractivity contribution in [3.05, 3.63) is 72.5 Å². The fourth-order valence-electron chi connectivity index (χ4n) is 2.80. The molecule has 28 heavy (non-hydrogen) atoms. The SMILES string of the molecule is COc1ccccc1CC(=O)Nc1cccc(-c2nnc(-c3ccco3)o2)c1. The van der Waals surface area contributed by atoms with Crippen LogP contribution in [0, 0.1) is 0 Å². The van der Waals surface area contributed by atoms with Crippen LogP contribution in [0.2, 0.25) is 0 Å². The van der Waals surface area contributed by atoms with Gasteiger partial charge in [-0.15, -0.1) is 10.2 Å². The molecule has 0 unspecified atom stereocenters. The maximum atomic E-state index is 12.4. The Bertz CT molecular complexity index is 1090. The van der Waals surface area contributed by atoms with Crippen LogP contribution in [-0.2, 0) is 11.2 Å². The molecule has 0 fully saturated rings. The summed E-state index contributed by atoms with van der Waals surface area (Å²) in [4.78, 5) is 12.4. The van der Waals surface area contributed by atoms with Gasteiger partial charge in [0.15, 0.2) is 5.76 Å². The van der Waals surface area contributed by atoms with Crippen molar-refractivity contribution in [2.75, 3.05) is 12.4 Å². The molecule has 4 rings (SSSR count). The minimum absolute atomic E-state index is 0.150. The molecule has 0 atom stereocenters. The standard InChI is InChI=1S/C21H17N3O4/c1-26-17-9-3-2-6-14(17)13-19(25)22-16-8-4-7-15(12-16)20-23-24-21(28-20)18-10-5-11-27-18/h2-12H,13H2,1H3,(H,22,25). The monoisotopic (exact) mass is 375 g/mol. The van der Waals surface area contributed by atoms with Gasteiger partial charge in [0, 0.05) is 16.8 Å². The molecule has 2 heterocycles. The number of aromatic nitrogens is 2. The summed E-state index contributed by atoms with van der Waals surface area (Å²) in [6, 6.07) is 18.1. The van der Waals surface area contributed by atoms with Gasteiger partial charge in [-0.25, -0.2) is 0 Å². The summed E-state index contributed by atoms with van der Waals surface area (Å²) in [5.41, 5.74) is 2.15. The highest BCUT2D eigenvalue weighted by molar-refractivity contribution is 5.93.